The molecule has 2 atom stereocenters. The Kier molecular flexibility index (Phi) is 5.82. The van der Waals surface area contributed by atoms with E-state index in [4.69, 9.17) is 4.74 Å². The van der Waals surface area contributed by atoms with Gasteiger partial charge in [0.1, 0.15) is 0 Å². The molecule has 2 N–H and O–H groups in total. The van der Waals surface area contributed by atoms with E-state index in [1.54, 1.807) is 0 Å². The van der Waals surface area contributed by atoms with Gasteiger partial charge in [0.25, 0.3) is 0 Å². The molecule has 0 saturated carbocycles. The molecule has 0 aliphatic carbocycles. The molecule has 106 valence electrons. The molecule has 0 spiro atoms. The van der Waals surface area contributed by atoms with Crippen LogP contribution in [0.4, 0.5) is 0 Å². The minimum absolute atomic E-state index is 0.312. The van der Waals surface area contributed by atoms with Gasteiger partial charge in [-0.1, -0.05) is 22.0 Å². The first kappa shape index (κ1) is 15.0. The van der Waals surface area contributed by atoms with E-state index in [1.807, 2.05) is 25.1 Å². The first-order valence-electron chi connectivity index (χ1n) is 6.93. The summed E-state index contributed by atoms with van der Waals surface area (Å²) in [5.74, 6) is 0. The van der Waals surface area contributed by atoms with Gasteiger partial charge in [0, 0.05) is 24.2 Å². The molecule has 1 aliphatic rings. The van der Waals surface area contributed by atoms with Crippen LogP contribution >= 0.6 is 15.9 Å². The topological polar surface area (TPSA) is 41.5 Å². The number of ether oxygens (including phenoxy) is 1. The molecule has 2 unspecified atom stereocenters. The highest BCUT2D eigenvalue weighted by Crippen LogP contribution is 2.21. The third kappa shape index (κ3) is 4.56. The van der Waals surface area contributed by atoms with Crippen LogP contribution in [-0.4, -0.2) is 30.9 Å². The van der Waals surface area contributed by atoms with Crippen LogP contribution in [0.2, 0.25) is 0 Å². The van der Waals surface area contributed by atoms with E-state index in [0.29, 0.717) is 12.6 Å². The van der Waals surface area contributed by atoms with Gasteiger partial charge in [0.05, 0.1) is 12.2 Å². The number of hydrogen-bond acceptors (Lipinski definition) is 3. The maximum Gasteiger partial charge on any atom is 0.0916 e. The predicted molar refractivity (Wildman–Crippen MR) is 80.3 cm³/mol. The monoisotopic (exact) mass is 327 g/mol. The van der Waals surface area contributed by atoms with Crippen LogP contribution in [0.3, 0.4) is 0 Å². The van der Waals surface area contributed by atoms with Crippen molar-refractivity contribution in [1.29, 1.82) is 0 Å². The van der Waals surface area contributed by atoms with Crippen molar-refractivity contribution in [3.8, 4) is 0 Å². The summed E-state index contributed by atoms with van der Waals surface area (Å²) in [5.41, 5.74) is 2.10. The van der Waals surface area contributed by atoms with Crippen molar-refractivity contribution in [3.05, 3.63) is 33.8 Å². The molecular formula is C15H22BrNO2. The fraction of sp³-hybridized carbons (Fsp3) is 0.600. The van der Waals surface area contributed by atoms with Crippen molar-refractivity contribution in [1.82, 2.24) is 5.32 Å². The van der Waals surface area contributed by atoms with Gasteiger partial charge in [-0.2, -0.15) is 0 Å². The molecule has 1 aromatic carbocycles. The lowest BCUT2D eigenvalue weighted by Gasteiger charge is -2.23. The van der Waals surface area contributed by atoms with Crippen LogP contribution < -0.4 is 5.32 Å². The molecule has 3 nitrogen and oxygen atoms in total. The molecule has 1 fully saturated rings. The zero-order valence-electron chi connectivity index (χ0n) is 11.4. The third-order valence-electron chi connectivity index (χ3n) is 3.57. The van der Waals surface area contributed by atoms with E-state index < -0.39 is 6.10 Å². The maximum atomic E-state index is 10.2. The molecule has 2 rings (SSSR count). The number of benzene rings is 1. The van der Waals surface area contributed by atoms with Crippen LogP contribution in [0.1, 0.15) is 36.5 Å². The summed E-state index contributed by atoms with van der Waals surface area (Å²) in [5, 5.41) is 13.5. The Hall–Kier alpha value is -0.420. The molecule has 0 aromatic heterocycles. The van der Waals surface area contributed by atoms with Crippen LogP contribution in [0, 0.1) is 6.92 Å². The average Bonchev–Trinajstić information content (AvgIpc) is 2.39. The second-order valence-corrected chi connectivity index (χ2v) is 6.08. The normalized spacial score (nSPS) is 21.3. The van der Waals surface area contributed by atoms with E-state index >= 15 is 0 Å². The van der Waals surface area contributed by atoms with Crippen molar-refractivity contribution < 1.29 is 9.84 Å². The largest absolute Gasteiger partial charge is 0.387 e. The molecule has 1 saturated heterocycles. The van der Waals surface area contributed by atoms with E-state index in [9.17, 15) is 5.11 Å². The van der Waals surface area contributed by atoms with Gasteiger partial charge in [-0.15, -0.1) is 0 Å². The number of aryl methyl sites for hydroxylation is 1. The number of aliphatic hydroxyl groups is 1. The molecule has 1 aromatic rings. The fourth-order valence-corrected chi connectivity index (χ4v) is 2.95. The predicted octanol–water partition coefficient (Wildman–Crippen LogP) is 2.95. The standard InChI is InChI=1S/C15H22BrNO2/c1-11-8-12(16)5-6-14(11)15(18)10-17-9-13-4-2-3-7-19-13/h5-6,8,13,15,17-18H,2-4,7,9-10H2,1H3. The lowest BCUT2D eigenvalue weighted by Crippen LogP contribution is -2.34. The summed E-state index contributed by atoms with van der Waals surface area (Å²) in [7, 11) is 0. The highest BCUT2D eigenvalue weighted by molar-refractivity contribution is 9.10. The van der Waals surface area contributed by atoms with Crippen molar-refractivity contribution in [2.75, 3.05) is 19.7 Å². The van der Waals surface area contributed by atoms with Gasteiger partial charge in [-0.05, 0) is 49.4 Å². The highest BCUT2D eigenvalue weighted by Gasteiger charge is 2.15. The van der Waals surface area contributed by atoms with Crippen molar-refractivity contribution in [3.63, 3.8) is 0 Å². The second-order valence-electron chi connectivity index (χ2n) is 5.16. The third-order valence-corrected chi connectivity index (χ3v) is 4.07. The van der Waals surface area contributed by atoms with Gasteiger partial charge in [-0.25, -0.2) is 0 Å². The summed E-state index contributed by atoms with van der Waals surface area (Å²) >= 11 is 3.44. The fourth-order valence-electron chi connectivity index (χ4n) is 2.47. The van der Waals surface area contributed by atoms with E-state index in [2.05, 4.69) is 21.2 Å². The number of nitrogens with one attached hydrogen (secondary N) is 1. The molecule has 0 amide bonds. The summed E-state index contributed by atoms with van der Waals surface area (Å²) in [4.78, 5) is 0. The number of hydrogen-bond donors (Lipinski definition) is 2. The van der Waals surface area contributed by atoms with Gasteiger partial charge < -0.3 is 15.2 Å². The first-order valence-corrected chi connectivity index (χ1v) is 7.72. The Morgan fingerprint density at radius 2 is 2.32 bits per heavy atom. The second kappa shape index (κ2) is 7.39. The zero-order chi connectivity index (χ0) is 13.7. The molecule has 1 aliphatic heterocycles. The number of halogens is 1. The minimum Gasteiger partial charge on any atom is -0.387 e. The Labute approximate surface area is 123 Å². The summed E-state index contributed by atoms with van der Waals surface area (Å²) < 4.78 is 6.70. The van der Waals surface area contributed by atoms with Crippen LogP contribution in [0.25, 0.3) is 0 Å². The van der Waals surface area contributed by atoms with Crippen molar-refractivity contribution in [2.24, 2.45) is 0 Å². The quantitative estimate of drug-likeness (QED) is 0.873. The van der Waals surface area contributed by atoms with E-state index in [0.717, 1.165) is 35.2 Å². The number of rotatable bonds is 5. The highest BCUT2D eigenvalue weighted by atomic mass is 79.9. The molecule has 19 heavy (non-hydrogen) atoms. The summed E-state index contributed by atoms with van der Waals surface area (Å²) in [6.45, 7) is 4.29. The molecule has 4 heteroatoms. The zero-order valence-corrected chi connectivity index (χ0v) is 12.9. The average molecular weight is 328 g/mol. The van der Waals surface area contributed by atoms with Crippen LogP contribution in [-0.2, 0) is 4.74 Å². The molecule has 0 bridgehead atoms. The SMILES string of the molecule is Cc1cc(Br)ccc1C(O)CNCC1CCCCO1. The Balaban J connectivity index is 1.78. The molecule has 0 radical (unpaired) electrons. The smallest absolute Gasteiger partial charge is 0.0916 e. The first-order chi connectivity index (χ1) is 9.16. The minimum atomic E-state index is -0.461. The van der Waals surface area contributed by atoms with Gasteiger partial charge >= 0.3 is 0 Å². The Morgan fingerprint density at radius 3 is 3.00 bits per heavy atom. The Bertz CT molecular complexity index is 405. The summed E-state index contributed by atoms with van der Waals surface area (Å²) in [6.07, 6.45) is 3.40. The lowest BCUT2D eigenvalue weighted by molar-refractivity contribution is 0.0152. The van der Waals surface area contributed by atoms with Crippen LogP contribution in [0.15, 0.2) is 22.7 Å². The maximum absolute atomic E-state index is 10.2. The van der Waals surface area contributed by atoms with E-state index in [-0.39, 0.29) is 0 Å². The lowest BCUT2D eigenvalue weighted by atomic mass is 10.0. The Morgan fingerprint density at radius 1 is 1.47 bits per heavy atom. The number of aliphatic hydroxyl groups excluding tert-OH is 1. The van der Waals surface area contributed by atoms with Crippen molar-refractivity contribution >= 4 is 15.9 Å². The van der Waals surface area contributed by atoms with Crippen molar-refractivity contribution in [2.45, 2.75) is 38.4 Å². The molecular weight excluding hydrogens is 306 g/mol. The van der Waals surface area contributed by atoms with Gasteiger partial charge in [0.15, 0.2) is 0 Å². The van der Waals surface area contributed by atoms with Gasteiger partial charge in [0.2, 0.25) is 0 Å². The van der Waals surface area contributed by atoms with Gasteiger partial charge in [-0.3, -0.25) is 0 Å². The molecule has 1 heterocycles. The van der Waals surface area contributed by atoms with E-state index in [1.165, 1.54) is 12.8 Å². The van der Waals surface area contributed by atoms with Crippen LogP contribution in [0.5, 0.6) is 0 Å². The summed E-state index contributed by atoms with van der Waals surface area (Å²) in [6, 6.07) is 5.97.